The fourth-order valence-electron chi connectivity index (χ4n) is 3.01. The molecule has 0 bridgehead atoms. The minimum atomic E-state index is -1.70. The van der Waals surface area contributed by atoms with E-state index in [1.54, 1.807) is 13.8 Å². The molecular formula is C20H31N7O8. The minimum absolute atomic E-state index is 0.0347. The molecule has 0 aliphatic heterocycles. The van der Waals surface area contributed by atoms with Crippen LogP contribution >= 0.6 is 0 Å². The van der Waals surface area contributed by atoms with E-state index in [-0.39, 0.29) is 6.42 Å². The lowest BCUT2D eigenvalue weighted by Crippen LogP contribution is -2.58. The first kappa shape index (κ1) is 29.0. The second-order valence-electron chi connectivity index (χ2n) is 7.99. The molecule has 4 amide bonds. The number of aromatic nitrogens is 2. The third kappa shape index (κ3) is 9.79. The molecule has 194 valence electrons. The van der Waals surface area contributed by atoms with E-state index in [9.17, 15) is 33.9 Å². The van der Waals surface area contributed by atoms with Crippen molar-refractivity contribution >= 4 is 35.6 Å². The summed E-state index contributed by atoms with van der Waals surface area (Å²) in [6.45, 7) is 3.28. The number of hydrogen-bond acceptors (Lipinski definition) is 8. The van der Waals surface area contributed by atoms with Crippen LogP contribution in [-0.4, -0.2) is 79.9 Å². The third-order valence-electron chi connectivity index (χ3n) is 5.16. The standard InChI is InChI=1S/C20H31N7O8/c1-3-9(2)16(20(34)35)27-19(33)13(6-15(29)30)26-18(32)12(5-14(22)28)25-17(31)11(21)4-10-7-23-8-24-10/h7-9,11-13,16H,3-6,21H2,1-2H3,(H2,22,28)(H,23,24)(H,25,31)(H,26,32)(H,27,33)(H,29,30)(H,34,35). The Hall–Kier alpha value is -4.01. The van der Waals surface area contributed by atoms with Gasteiger partial charge in [0.05, 0.1) is 25.2 Å². The number of carbonyl (C=O) groups is 6. The van der Waals surface area contributed by atoms with Crippen LogP contribution < -0.4 is 27.4 Å². The molecule has 15 heteroatoms. The Morgan fingerprint density at radius 2 is 1.57 bits per heavy atom. The zero-order chi connectivity index (χ0) is 26.7. The van der Waals surface area contributed by atoms with Crippen molar-refractivity contribution in [2.24, 2.45) is 17.4 Å². The fourth-order valence-corrected chi connectivity index (χ4v) is 3.01. The number of nitrogens with one attached hydrogen (secondary N) is 4. The number of aliphatic carboxylic acids is 2. The van der Waals surface area contributed by atoms with E-state index in [2.05, 4.69) is 25.9 Å². The highest BCUT2D eigenvalue weighted by Crippen LogP contribution is 2.09. The molecule has 1 aromatic rings. The van der Waals surface area contributed by atoms with Crippen LogP contribution in [0.2, 0.25) is 0 Å². The van der Waals surface area contributed by atoms with Gasteiger partial charge in [0.1, 0.15) is 18.1 Å². The second kappa shape index (κ2) is 13.6. The van der Waals surface area contributed by atoms with Gasteiger partial charge in [-0.15, -0.1) is 0 Å². The van der Waals surface area contributed by atoms with E-state index in [1.807, 2.05) is 0 Å². The van der Waals surface area contributed by atoms with E-state index < -0.39 is 78.5 Å². The van der Waals surface area contributed by atoms with Crippen LogP contribution in [0.1, 0.15) is 38.8 Å². The molecule has 0 saturated heterocycles. The molecule has 0 spiro atoms. The molecule has 15 nitrogen and oxygen atoms in total. The number of rotatable bonds is 15. The van der Waals surface area contributed by atoms with Crippen molar-refractivity contribution in [1.82, 2.24) is 25.9 Å². The van der Waals surface area contributed by atoms with Gasteiger partial charge in [-0.1, -0.05) is 20.3 Å². The van der Waals surface area contributed by atoms with Gasteiger partial charge in [-0.05, 0) is 5.92 Å². The summed E-state index contributed by atoms with van der Waals surface area (Å²) in [6, 6.07) is -5.73. The van der Waals surface area contributed by atoms with Crippen molar-refractivity contribution in [1.29, 1.82) is 0 Å². The van der Waals surface area contributed by atoms with Crippen LogP contribution in [0.5, 0.6) is 0 Å². The van der Waals surface area contributed by atoms with Gasteiger partial charge in [-0.2, -0.15) is 0 Å². The summed E-state index contributed by atoms with van der Waals surface area (Å²) in [6.07, 6.45) is 1.71. The predicted molar refractivity (Wildman–Crippen MR) is 119 cm³/mol. The van der Waals surface area contributed by atoms with Gasteiger partial charge < -0.3 is 42.6 Å². The maximum Gasteiger partial charge on any atom is 0.326 e. The number of amides is 4. The van der Waals surface area contributed by atoms with Crippen molar-refractivity contribution in [3.05, 3.63) is 18.2 Å². The molecule has 1 aromatic heterocycles. The van der Waals surface area contributed by atoms with Gasteiger partial charge in [0, 0.05) is 18.3 Å². The molecule has 0 aliphatic carbocycles. The zero-order valence-electron chi connectivity index (χ0n) is 19.3. The second-order valence-corrected chi connectivity index (χ2v) is 7.99. The molecule has 0 saturated carbocycles. The zero-order valence-corrected chi connectivity index (χ0v) is 19.3. The summed E-state index contributed by atoms with van der Waals surface area (Å²) in [7, 11) is 0. The molecule has 10 N–H and O–H groups in total. The molecule has 0 radical (unpaired) electrons. The molecule has 5 unspecified atom stereocenters. The smallest absolute Gasteiger partial charge is 0.326 e. The van der Waals surface area contributed by atoms with Crippen LogP contribution in [-0.2, 0) is 35.2 Å². The highest BCUT2D eigenvalue weighted by molar-refractivity contribution is 5.97. The molecule has 35 heavy (non-hydrogen) atoms. The molecule has 0 fully saturated rings. The van der Waals surface area contributed by atoms with Gasteiger partial charge in [-0.3, -0.25) is 24.0 Å². The van der Waals surface area contributed by atoms with Crippen LogP contribution in [0.3, 0.4) is 0 Å². The number of carboxylic acid groups (broad SMARTS) is 2. The maximum absolute atomic E-state index is 12.8. The average molecular weight is 498 g/mol. The SMILES string of the molecule is CCC(C)C(NC(=O)C(CC(=O)O)NC(=O)C(CC(N)=O)NC(=O)C(N)Cc1cnc[nH]1)C(=O)O. The van der Waals surface area contributed by atoms with Gasteiger partial charge in [0.2, 0.25) is 23.6 Å². The molecule has 1 heterocycles. The lowest BCUT2D eigenvalue weighted by Gasteiger charge is -2.25. The number of hydrogen-bond donors (Lipinski definition) is 8. The predicted octanol–water partition coefficient (Wildman–Crippen LogP) is -2.79. The summed E-state index contributed by atoms with van der Waals surface area (Å²) in [5.41, 5.74) is 11.5. The van der Waals surface area contributed by atoms with Crippen LogP contribution in [0.4, 0.5) is 0 Å². The summed E-state index contributed by atoms with van der Waals surface area (Å²) in [5.74, 6) is -7.21. The number of primary amides is 1. The van der Waals surface area contributed by atoms with Crippen LogP contribution in [0, 0.1) is 5.92 Å². The maximum atomic E-state index is 12.8. The number of imidazole rings is 1. The van der Waals surface area contributed by atoms with Crippen molar-refractivity contribution in [3.63, 3.8) is 0 Å². The number of nitrogens with two attached hydrogens (primary N) is 2. The largest absolute Gasteiger partial charge is 0.481 e. The van der Waals surface area contributed by atoms with Crippen molar-refractivity contribution in [2.75, 3.05) is 0 Å². The summed E-state index contributed by atoms with van der Waals surface area (Å²) < 4.78 is 0. The first-order valence-electron chi connectivity index (χ1n) is 10.7. The summed E-state index contributed by atoms with van der Waals surface area (Å²) in [4.78, 5) is 78.6. The number of aromatic amines is 1. The topological polar surface area (TPSA) is 260 Å². The van der Waals surface area contributed by atoms with E-state index in [4.69, 9.17) is 16.6 Å². The fraction of sp³-hybridized carbons (Fsp3) is 0.550. The third-order valence-corrected chi connectivity index (χ3v) is 5.16. The Labute approximate surface area is 200 Å². The lowest BCUT2D eigenvalue weighted by molar-refractivity contribution is -0.145. The molecule has 0 aromatic carbocycles. The van der Waals surface area contributed by atoms with Crippen molar-refractivity contribution in [2.45, 2.75) is 63.7 Å². The average Bonchev–Trinajstić information content (AvgIpc) is 3.27. The van der Waals surface area contributed by atoms with E-state index in [1.165, 1.54) is 12.5 Å². The summed E-state index contributed by atoms with van der Waals surface area (Å²) >= 11 is 0. The van der Waals surface area contributed by atoms with E-state index >= 15 is 0 Å². The molecular weight excluding hydrogens is 466 g/mol. The Morgan fingerprint density at radius 1 is 1.00 bits per heavy atom. The van der Waals surface area contributed by atoms with Crippen LogP contribution in [0.25, 0.3) is 0 Å². The monoisotopic (exact) mass is 497 g/mol. The highest BCUT2D eigenvalue weighted by atomic mass is 16.4. The van der Waals surface area contributed by atoms with Crippen molar-refractivity contribution < 1.29 is 39.0 Å². The number of carbonyl (C=O) groups excluding carboxylic acids is 4. The van der Waals surface area contributed by atoms with E-state index in [0.29, 0.717) is 12.1 Å². The highest BCUT2D eigenvalue weighted by Gasteiger charge is 2.33. The van der Waals surface area contributed by atoms with Gasteiger partial charge >= 0.3 is 11.9 Å². The normalized spacial score (nSPS) is 15.1. The first-order chi connectivity index (χ1) is 16.3. The van der Waals surface area contributed by atoms with E-state index in [0.717, 1.165) is 0 Å². The quantitative estimate of drug-likeness (QED) is 0.123. The van der Waals surface area contributed by atoms with Gasteiger partial charge in [0.15, 0.2) is 0 Å². The summed E-state index contributed by atoms with van der Waals surface area (Å²) in [5, 5.41) is 25.1. The molecule has 5 atom stereocenters. The molecule has 1 rings (SSSR count). The Kier molecular flexibility index (Phi) is 11.3. The number of carboxylic acids is 2. The van der Waals surface area contributed by atoms with Gasteiger partial charge in [0.25, 0.3) is 0 Å². The Bertz CT molecular complexity index is 921. The Balaban J connectivity index is 2.98. The molecule has 0 aliphatic rings. The lowest BCUT2D eigenvalue weighted by atomic mass is 9.98. The first-order valence-corrected chi connectivity index (χ1v) is 10.7. The number of H-pyrrole nitrogens is 1. The Morgan fingerprint density at radius 3 is 2.06 bits per heavy atom. The van der Waals surface area contributed by atoms with Crippen molar-refractivity contribution in [3.8, 4) is 0 Å². The minimum Gasteiger partial charge on any atom is -0.481 e. The van der Waals surface area contributed by atoms with Gasteiger partial charge in [-0.25, -0.2) is 9.78 Å². The van der Waals surface area contributed by atoms with Crippen LogP contribution in [0.15, 0.2) is 12.5 Å². The number of nitrogens with zero attached hydrogens (tertiary/aromatic N) is 1.